The van der Waals surface area contributed by atoms with Crippen molar-refractivity contribution in [3.8, 4) is 11.6 Å². The Morgan fingerprint density at radius 2 is 2.04 bits per heavy atom. The van der Waals surface area contributed by atoms with Gasteiger partial charge in [0.25, 0.3) is 0 Å². The minimum Gasteiger partial charge on any atom is -0.439 e. The molecule has 2 N–H and O–H groups in total. The van der Waals surface area contributed by atoms with Gasteiger partial charge in [0.05, 0.1) is 5.92 Å². The molecule has 1 aromatic heterocycles. The van der Waals surface area contributed by atoms with E-state index in [0.29, 0.717) is 11.6 Å². The Bertz CT molecular complexity index is 734. The molecule has 0 radical (unpaired) electrons. The predicted molar refractivity (Wildman–Crippen MR) is 109 cm³/mol. The molecule has 2 aromatic rings. The number of rotatable bonds is 4. The lowest BCUT2D eigenvalue weighted by atomic mass is 9.99. The lowest BCUT2D eigenvalue weighted by Crippen LogP contribution is -2.37. The minimum atomic E-state index is 0. The number of piperidine rings is 1. The summed E-state index contributed by atoms with van der Waals surface area (Å²) in [6.45, 7) is 5.71. The van der Waals surface area contributed by atoms with Gasteiger partial charge in [-0.2, -0.15) is 0 Å². The quantitative estimate of drug-likeness (QED) is 0.808. The highest BCUT2D eigenvalue weighted by molar-refractivity contribution is 5.93. The van der Waals surface area contributed by atoms with Gasteiger partial charge in [-0.15, -0.1) is 24.8 Å². The summed E-state index contributed by atoms with van der Waals surface area (Å²) >= 11 is 0. The Hall–Kier alpha value is -1.82. The monoisotopic (exact) mass is 397 g/mol. The van der Waals surface area contributed by atoms with Gasteiger partial charge >= 0.3 is 0 Å². The molecule has 0 spiro atoms. The number of benzene rings is 1. The number of aromatic nitrogens is 1. The van der Waals surface area contributed by atoms with E-state index in [1.54, 1.807) is 6.20 Å². The maximum atomic E-state index is 12.4. The van der Waals surface area contributed by atoms with Gasteiger partial charge in [0.15, 0.2) is 0 Å². The van der Waals surface area contributed by atoms with E-state index in [-0.39, 0.29) is 36.6 Å². The van der Waals surface area contributed by atoms with Crippen LogP contribution in [-0.2, 0) is 4.79 Å². The van der Waals surface area contributed by atoms with Crippen LogP contribution in [0.15, 0.2) is 36.5 Å². The van der Waals surface area contributed by atoms with Crippen LogP contribution in [0.2, 0.25) is 0 Å². The van der Waals surface area contributed by atoms with Gasteiger partial charge in [-0.3, -0.25) is 4.79 Å². The molecule has 5 nitrogen and oxygen atoms in total. The average molecular weight is 398 g/mol. The number of hydrogen-bond donors (Lipinski definition) is 2. The molecule has 1 aliphatic heterocycles. The van der Waals surface area contributed by atoms with Crippen molar-refractivity contribution in [2.24, 2.45) is 5.92 Å². The number of ether oxygens (including phenoxy) is 1. The van der Waals surface area contributed by atoms with Crippen LogP contribution in [0.25, 0.3) is 0 Å². The fourth-order valence-corrected chi connectivity index (χ4v) is 2.78. The number of halogens is 2. The second-order valence-corrected chi connectivity index (χ2v) is 6.29. The number of amides is 1. The smallest absolute Gasteiger partial charge is 0.228 e. The normalized spacial score (nSPS) is 16.0. The molecule has 1 unspecified atom stereocenters. The molecule has 1 saturated heterocycles. The summed E-state index contributed by atoms with van der Waals surface area (Å²) in [6, 6.07) is 9.51. The molecule has 1 atom stereocenters. The first-order valence-electron chi connectivity index (χ1n) is 8.34. The van der Waals surface area contributed by atoms with Gasteiger partial charge in [-0.05, 0) is 56.5 Å². The lowest BCUT2D eigenvalue weighted by molar-refractivity contribution is -0.120. The largest absolute Gasteiger partial charge is 0.439 e. The Morgan fingerprint density at radius 3 is 2.73 bits per heavy atom. The summed E-state index contributed by atoms with van der Waals surface area (Å²) in [5.74, 6) is 1.35. The first kappa shape index (κ1) is 22.2. The SMILES string of the molecule is Cc1ccnc(Oc2cc(NC(=O)C3CCCNC3)ccc2C)c1.Cl.Cl. The van der Waals surface area contributed by atoms with Crippen LogP contribution in [0.5, 0.6) is 11.6 Å². The number of carbonyl (C=O) groups is 1. The van der Waals surface area contributed by atoms with Crippen LogP contribution in [-0.4, -0.2) is 24.0 Å². The summed E-state index contributed by atoms with van der Waals surface area (Å²) in [7, 11) is 0. The summed E-state index contributed by atoms with van der Waals surface area (Å²) in [4.78, 5) is 16.6. The maximum absolute atomic E-state index is 12.4. The molecule has 7 heteroatoms. The highest BCUT2D eigenvalue weighted by atomic mass is 35.5. The third-order valence-corrected chi connectivity index (χ3v) is 4.23. The number of nitrogens with one attached hydrogen (secondary N) is 2. The van der Waals surface area contributed by atoms with Crippen LogP contribution >= 0.6 is 24.8 Å². The predicted octanol–water partition coefficient (Wildman–Crippen LogP) is 4.27. The van der Waals surface area contributed by atoms with Crippen molar-refractivity contribution in [3.05, 3.63) is 47.7 Å². The zero-order valence-electron chi connectivity index (χ0n) is 15.0. The molecular weight excluding hydrogens is 373 g/mol. The fourth-order valence-electron chi connectivity index (χ4n) is 2.78. The molecule has 26 heavy (non-hydrogen) atoms. The lowest BCUT2D eigenvalue weighted by Gasteiger charge is -2.22. The molecule has 3 rings (SSSR count). The van der Waals surface area contributed by atoms with Crippen molar-refractivity contribution in [3.63, 3.8) is 0 Å². The van der Waals surface area contributed by atoms with Crippen LogP contribution in [0, 0.1) is 19.8 Å². The minimum absolute atomic E-state index is 0. The van der Waals surface area contributed by atoms with Crippen LogP contribution in [0.3, 0.4) is 0 Å². The van der Waals surface area contributed by atoms with E-state index in [2.05, 4.69) is 15.6 Å². The highest BCUT2D eigenvalue weighted by Crippen LogP contribution is 2.27. The van der Waals surface area contributed by atoms with E-state index in [1.807, 2.05) is 44.2 Å². The van der Waals surface area contributed by atoms with Gasteiger partial charge in [0.2, 0.25) is 11.8 Å². The van der Waals surface area contributed by atoms with Crippen LogP contribution in [0.4, 0.5) is 5.69 Å². The maximum Gasteiger partial charge on any atom is 0.228 e. The molecule has 0 aliphatic carbocycles. The molecule has 1 amide bonds. The van der Waals surface area contributed by atoms with Gasteiger partial charge < -0.3 is 15.4 Å². The third-order valence-electron chi connectivity index (χ3n) is 4.23. The van der Waals surface area contributed by atoms with E-state index < -0.39 is 0 Å². The van der Waals surface area contributed by atoms with Crippen molar-refractivity contribution in [1.29, 1.82) is 0 Å². The van der Waals surface area contributed by atoms with Crippen molar-refractivity contribution in [2.45, 2.75) is 26.7 Å². The second-order valence-electron chi connectivity index (χ2n) is 6.29. The van der Waals surface area contributed by atoms with Gasteiger partial charge in [-0.1, -0.05) is 6.07 Å². The molecule has 142 valence electrons. The molecule has 2 heterocycles. The summed E-state index contributed by atoms with van der Waals surface area (Å²) in [5.41, 5.74) is 2.83. The van der Waals surface area contributed by atoms with E-state index in [0.717, 1.165) is 42.7 Å². The van der Waals surface area contributed by atoms with E-state index in [9.17, 15) is 4.79 Å². The molecule has 0 saturated carbocycles. The number of hydrogen-bond acceptors (Lipinski definition) is 4. The van der Waals surface area contributed by atoms with E-state index >= 15 is 0 Å². The Balaban J connectivity index is 0.00000169. The van der Waals surface area contributed by atoms with Gasteiger partial charge in [0, 0.05) is 30.6 Å². The zero-order valence-corrected chi connectivity index (χ0v) is 16.6. The Labute approximate surface area is 166 Å². The number of anilines is 1. The number of carbonyl (C=O) groups excluding carboxylic acids is 1. The Kier molecular flexibility index (Phi) is 8.85. The van der Waals surface area contributed by atoms with Crippen LogP contribution in [0.1, 0.15) is 24.0 Å². The highest BCUT2D eigenvalue weighted by Gasteiger charge is 2.21. The number of aryl methyl sites for hydroxylation is 2. The number of pyridine rings is 1. The van der Waals surface area contributed by atoms with Crippen molar-refractivity contribution < 1.29 is 9.53 Å². The summed E-state index contributed by atoms with van der Waals surface area (Å²) in [5, 5.41) is 6.26. The first-order valence-corrected chi connectivity index (χ1v) is 8.34. The van der Waals surface area contributed by atoms with E-state index in [4.69, 9.17) is 4.74 Å². The molecule has 1 aliphatic rings. The number of nitrogens with zero attached hydrogens (tertiary/aromatic N) is 1. The van der Waals surface area contributed by atoms with Crippen molar-refractivity contribution >= 4 is 36.4 Å². The van der Waals surface area contributed by atoms with Crippen molar-refractivity contribution in [1.82, 2.24) is 10.3 Å². The van der Waals surface area contributed by atoms with Crippen molar-refractivity contribution in [2.75, 3.05) is 18.4 Å². The Morgan fingerprint density at radius 1 is 1.23 bits per heavy atom. The fraction of sp³-hybridized carbons (Fsp3) is 0.368. The summed E-state index contributed by atoms with van der Waals surface area (Å²) in [6.07, 6.45) is 3.70. The average Bonchev–Trinajstić information content (AvgIpc) is 2.59. The van der Waals surface area contributed by atoms with Gasteiger partial charge in [0.1, 0.15) is 5.75 Å². The molecule has 1 fully saturated rings. The molecule has 0 bridgehead atoms. The van der Waals surface area contributed by atoms with Crippen LogP contribution < -0.4 is 15.4 Å². The zero-order chi connectivity index (χ0) is 16.9. The molecule has 1 aromatic carbocycles. The standard InChI is InChI=1S/C19H23N3O2.2ClH/c1-13-7-9-21-18(10-13)24-17-11-16(6-5-14(17)2)22-19(23)15-4-3-8-20-12-15;;/h5-7,9-11,15,20H,3-4,8,12H2,1-2H3,(H,22,23);2*1H. The first-order chi connectivity index (χ1) is 11.6. The second kappa shape index (κ2) is 10.4. The van der Waals surface area contributed by atoms with E-state index in [1.165, 1.54) is 0 Å². The topological polar surface area (TPSA) is 63.2 Å². The summed E-state index contributed by atoms with van der Waals surface area (Å²) < 4.78 is 5.88. The van der Waals surface area contributed by atoms with Gasteiger partial charge in [-0.25, -0.2) is 4.98 Å². The molecular formula is C19H25Cl2N3O2. The third kappa shape index (κ3) is 5.87.